The average Bonchev–Trinajstić information content (AvgIpc) is 3.26. The molecule has 4 rings (SSSR count). The highest BCUT2D eigenvalue weighted by Gasteiger charge is 2.31. The van der Waals surface area contributed by atoms with Gasteiger partial charge in [-0.3, -0.25) is 5.32 Å². The van der Waals surface area contributed by atoms with E-state index >= 15 is 0 Å². The summed E-state index contributed by atoms with van der Waals surface area (Å²) in [5.41, 5.74) is 1.87. The maximum atomic E-state index is 13.3. The molecular formula is C23H28N4O5S. The number of allylic oxidation sites excluding steroid dienone is 1. The van der Waals surface area contributed by atoms with Crippen LogP contribution in [0.15, 0.2) is 58.7 Å². The number of carbonyl (C=O) groups is 1. The molecule has 1 atom stereocenters. The lowest BCUT2D eigenvalue weighted by Crippen LogP contribution is -2.57. The largest absolute Gasteiger partial charge is 0.464 e. The van der Waals surface area contributed by atoms with Crippen LogP contribution in [0.5, 0.6) is 0 Å². The number of aliphatic imine (C=N–C) groups is 1. The fraction of sp³-hybridized carbons (Fsp3) is 0.391. The molecule has 0 radical (unpaired) electrons. The molecule has 1 unspecified atom stereocenters. The van der Waals surface area contributed by atoms with Gasteiger partial charge < -0.3 is 14.8 Å². The zero-order chi connectivity index (χ0) is 23.6. The van der Waals surface area contributed by atoms with E-state index in [1.165, 1.54) is 31.5 Å². The third kappa shape index (κ3) is 4.87. The van der Waals surface area contributed by atoms with Gasteiger partial charge in [0.1, 0.15) is 5.69 Å². The van der Waals surface area contributed by atoms with Crippen molar-refractivity contribution in [3.8, 4) is 0 Å². The lowest BCUT2D eigenvalue weighted by molar-refractivity contribution is 0.0592. The van der Waals surface area contributed by atoms with Crippen LogP contribution in [0.1, 0.15) is 41.4 Å². The monoisotopic (exact) mass is 472 g/mol. The van der Waals surface area contributed by atoms with Crippen LogP contribution < -0.4 is 10.6 Å². The van der Waals surface area contributed by atoms with Crippen LogP contribution in [0.25, 0.3) is 0 Å². The Morgan fingerprint density at radius 2 is 1.97 bits per heavy atom. The number of methoxy groups -OCH3 is 1. The molecule has 1 fully saturated rings. The number of hydrogen-bond donors (Lipinski definition) is 2. The fourth-order valence-electron chi connectivity index (χ4n) is 3.93. The summed E-state index contributed by atoms with van der Waals surface area (Å²) in [7, 11) is -2.80. The second kappa shape index (κ2) is 9.12. The third-order valence-electron chi connectivity index (χ3n) is 5.71. The number of aromatic nitrogens is 1. The number of ether oxygens (including phenoxy) is 2. The number of nitrogens with zero attached hydrogens (tertiary/aromatic N) is 2. The minimum atomic E-state index is -4.02. The van der Waals surface area contributed by atoms with E-state index in [-0.39, 0.29) is 16.6 Å². The number of aryl methyl sites for hydroxylation is 1. The molecule has 1 aromatic heterocycles. The van der Waals surface area contributed by atoms with Gasteiger partial charge in [-0.2, -0.15) is 0 Å². The van der Waals surface area contributed by atoms with E-state index in [2.05, 4.69) is 10.6 Å². The second-order valence-electron chi connectivity index (χ2n) is 8.30. The van der Waals surface area contributed by atoms with E-state index in [1.807, 2.05) is 13.8 Å². The lowest BCUT2D eigenvalue weighted by Gasteiger charge is -2.36. The highest BCUT2D eigenvalue weighted by atomic mass is 32.2. The van der Waals surface area contributed by atoms with Gasteiger partial charge in [0.25, 0.3) is 10.0 Å². The van der Waals surface area contributed by atoms with Crippen molar-refractivity contribution >= 4 is 21.7 Å². The smallest absolute Gasteiger partial charge is 0.355 e. The van der Waals surface area contributed by atoms with E-state index in [0.717, 1.165) is 22.4 Å². The highest BCUT2D eigenvalue weighted by Crippen LogP contribution is 2.23. The summed E-state index contributed by atoms with van der Waals surface area (Å²) in [6, 6.07) is 8.18. The number of carbonyl (C=O) groups excluding carboxylic acids is 1. The quantitative estimate of drug-likeness (QED) is 0.620. The van der Waals surface area contributed by atoms with Crippen LogP contribution in [0.3, 0.4) is 0 Å². The van der Waals surface area contributed by atoms with E-state index in [0.29, 0.717) is 24.5 Å². The van der Waals surface area contributed by atoms with E-state index in [9.17, 15) is 13.2 Å². The van der Waals surface area contributed by atoms with Crippen LogP contribution >= 0.6 is 0 Å². The first-order valence-corrected chi connectivity index (χ1v) is 12.2. The predicted molar refractivity (Wildman–Crippen MR) is 124 cm³/mol. The summed E-state index contributed by atoms with van der Waals surface area (Å²) in [5, 5.41) is 6.73. The maximum absolute atomic E-state index is 13.3. The Bertz CT molecular complexity index is 1190. The van der Waals surface area contributed by atoms with Gasteiger partial charge in [0.15, 0.2) is 5.79 Å². The number of benzene rings is 1. The van der Waals surface area contributed by atoms with E-state index in [4.69, 9.17) is 14.5 Å². The summed E-state index contributed by atoms with van der Waals surface area (Å²) < 4.78 is 37.9. The molecule has 0 spiro atoms. The molecule has 10 heteroatoms. The second-order valence-corrected chi connectivity index (χ2v) is 10.1. The van der Waals surface area contributed by atoms with Crippen molar-refractivity contribution in [2.24, 2.45) is 4.99 Å². The molecule has 2 aliphatic rings. The summed E-state index contributed by atoms with van der Waals surface area (Å²) in [5.74, 6) is -1.53. The minimum absolute atomic E-state index is 0.0780. The molecule has 2 aromatic rings. The van der Waals surface area contributed by atoms with Crippen molar-refractivity contribution in [2.75, 3.05) is 20.3 Å². The molecule has 0 saturated carbocycles. The minimum Gasteiger partial charge on any atom is -0.464 e. The zero-order valence-corrected chi connectivity index (χ0v) is 19.7. The van der Waals surface area contributed by atoms with Crippen molar-refractivity contribution < 1.29 is 22.7 Å². The van der Waals surface area contributed by atoms with Gasteiger partial charge in [-0.15, -0.1) is 0 Å². The lowest BCUT2D eigenvalue weighted by atomic mass is 10.1. The summed E-state index contributed by atoms with van der Waals surface area (Å²) in [6.07, 6.45) is 6.67. The predicted octanol–water partition coefficient (Wildman–Crippen LogP) is 2.17. The van der Waals surface area contributed by atoms with Crippen molar-refractivity contribution in [3.63, 3.8) is 0 Å². The Hall–Kier alpha value is -2.95. The maximum Gasteiger partial charge on any atom is 0.355 e. The molecule has 0 amide bonds. The van der Waals surface area contributed by atoms with Gasteiger partial charge in [-0.05, 0) is 51.0 Å². The van der Waals surface area contributed by atoms with E-state index < -0.39 is 21.8 Å². The first-order chi connectivity index (χ1) is 15.7. The van der Waals surface area contributed by atoms with Gasteiger partial charge in [-0.25, -0.2) is 22.2 Å². The van der Waals surface area contributed by atoms with Crippen LogP contribution in [0, 0.1) is 6.92 Å². The molecule has 1 saturated heterocycles. The molecule has 0 bridgehead atoms. The average molecular weight is 473 g/mol. The summed E-state index contributed by atoms with van der Waals surface area (Å²) in [6.45, 7) is 5.18. The number of esters is 1. The number of rotatable bonds is 6. The molecule has 3 heterocycles. The fourth-order valence-corrected chi connectivity index (χ4v) is 5.27. The Kier molecular flexibility index (Phi) is 6.42. The Morgan fingerprint density at radius 1 is 1.27 bits per heavy atom. The topological polar surface area (TPSA) is 111 Å². The molecule has 9 nitrogen and oxygen atoms in total. The number of nitrogens with one attached hydrogen (secondary N) is 2. The van der Waals surface area contributed by atoms with Crippen LogP contribution in [-0.2, 0) is 19.5 Å². The van der Waals surface area contributed by atoms with Crippen LogP contribution in [0.4, 0.5) is 0 Å². The van der Waals surface area contributed by atoms with Crippen molar-refractivity contribution in [1.29, 1.82) is 0 Å². The third-order valence-corrected chi connectivity index (χ3v) is 7.40. The molecule has 2 aliphatic heterocycles. The van der Waals surface area contributed by atoms with Crippen LogP contribution in [0.2, 0.25) is 0 Å². The Labute approximate surface area is 193 Å². The number of hydrogen-bond acceptors (Lipinski definition) is 8. The van der Waals surface area contributed by atoms with Crippen molar-refractivity contribution in [3.05, 3.63) is 65.6 Å². The highest BCUT2D eigenvalue weighted by molar-refractivity contribution is 7.90. The van der Waals surface area contributed by atoms with Gasteiger partial charge >= 0.3 is 5.97 Å². The Balaban J connectivity index is 1.72. The first-order valence-electron chi connectivity index (χ1n) is 10.7. The summed E-state index contributed by atoms with van der Waals surface area (Å²) in [4.78, 5) is 17.3. The zero-order valence-electron chi connectivity index (χ0n) is 18.9. The van der Waals surface area contributed by atoms with Gasteiger partial charge in [0.05, 0.1) is 17.7 Å². The molecule has 0 aliphatic carbocycles. The summed E-state index contributed by atoms with van der Waals surface area (Å²) >= 11 is 0. The molecule has 33 heavy (non-hydrogen) atoms. The SMILES string of the molecule is COC(=O)c1cc(C2=NC(C)(NC3CCOCC3)NC=C2)cn1S(=O)(=O)c1ccc(C)cc1. The molecule has 176 valence electrons. The first kappa shape index (κ1) is 23.2. The molecule has 2 N–H and O–H groups in total. The van der Waals surface area contributed by atoms with Gasteiger partial charge in [0, 0.05) is 37.2 Å². The normalized spacial score (nSPS) is 21.4. The van der Waals surface area contributed by atoms with Gasteiger partial charge in [0.2, 0.25) is 0 Å². The standard InChI is InChI=1S/C23H28N4O5S/c1-16-4-6-19(7-5-16)33(29,30)27-15-17(14-21(27)22(28)31-3)20-8-11-24-23(2,26-20)25-18-9-12-32-13-10-18/h4-8,11,14-15,18,24-25H,9-10,12-13H2,1-3H3. The van der Waals surface area contributed by atoms with Crippen molar-refractivity contribution in [1.82, 2.24) is 14.6 Å². The van der Waals surface area contributed by atoms with Crippen molar-refractivity contribution in [2.45, 2.75) is 43.4 Å². The molecule has 1 aromatic carbocycles. The Morgan fingerprint density at radius 3 is 2.64 bits per heavy atom. The van der Waals surface area contributed by atoms with Crippen LogP contribution in [-0.4, -0.2) is 56.2 Å². The van der Waals surface area contributed by atoms with Gasteiger partial charge in [-0.1, -0.05) is 17.7 Å². The molecular weight excluding hydrogens is 444 g/mol. The van der Waals surface area contributed by atoms with E-state index in [1.54, 1.807) is 24.4 Å².